The first-order valence-corrected chi connectivity index (χ1v) is 19.9. The number of benzene rings is 5. The number of nitrogen functional groups attached to an aromatic ring is 1. The fourth-order valence-corrected chi connectivity index (χ4v) is 7.72. The molecular formula is C51H58N4. The van der Waals surface area contributed by atoms with Gasteiger partial charge < -0.3 is 20.5 Å². The van der Waals surface area contributed by atoms with Crippen LogP contribution in [0.3, 0.4) is 0 Å². The van der Waals surface area contributed by atoms with E-state index in [1.807, 2.05) is 65.1 Å². The summed E-state index contributed by atoms with van der Waals surface area (Å²) in [4.78, 5) is 2.39. The SMILES string of the molecule is C=C/C=C(\C(CC)Cc1ccccc1)n1c2c(c3c4ccccc4c4c(c31)N(c1ccccc1)C=CCC4=C)C=CC2.CC.CC.CNc1ccccc1N. The quantitative estimate of drug-likeness (QED) is 0.121. The standard InChI is InChI=1S/C40H36N2.C7H10N2.2C2H6/c1-4-16-35(30(5-2)27-29-18-8-6-9-19-29)42-36-25-14-24-34(36)38-33-23-13-12-22-32(33)37-28(3)17-15-26-41(39(37)40(38)42)31-20-10-7-11-21-31;1-9-7-5-3-2-4-6(7)8;2*1-2/h4,6-16,18-24,26,30H,1,3,5,17,25,27H2,2H3;2-5,9H,8H2,1H3;2*1-2H3/b35-16+;;;. The van der Waals surface area contributed by atoms with Crippen molar-refractivity contribution >= 4 is 61.8 Å². The van der Waals surface area contributed by atoms with Crippen molar-refractivity contribution in [3.63, 3.8) is 0 Å². The van der Waals surface area contributed by atoms with E-state index in [0.29, 0.717) is 5.92 Å². The topological polar surface area (TPSA) is 46.2 Å². The van der Waals surface area contributed by atoms with Crippen molar-refractivity contribution in [2.24, 2.45) is 5.92 Å². The highest BCUT2D eigenvalue weighted by molar-refractivity contribution is 6.22. The lowest BCUT2D eigenvalue weighted by Gasteiger charge is -2.29. The van der Waals surface area contributed by atoms with Gasteiger partial charge in [-0.3, -0.25) is 0 Å². The van der Waals surface area contributed by atoms with E-state index >= 15 is 0 Å². The molecule has 1 atom stereocenters. The highest BCUT2D eigenvalue weighted by atomic mass is 15.2. The average Bonchev–Trinajstić information content (AvgIpc) is 3.79. The third-order valence-electron chi connectivity index (χ3n) is 10.1. The van der Waals surface area contributed by atoms with Crippen LogP contribution in [0.5, 0.6) is 0 Å². The number of hydrogen-bond donors (Lipinski definition) is 2. The molecule has 4 nitrogen and oxygen atoms in total. The second-order valence-electron chi connectivity index (χ2n) is 13.2. The van der Waals surface area contributed by atoms with E-state index in [4.69, 9.17) is 5.73 Å². The van der Waals surface area contributed by atoms with Crippen LogP contribution in [0.4, 0.5) is 22.7 Å². The Kier molecular flexibility index (Phi) is 14.1. The van der Waals surface area contributed by atoms with Crippen LogP contribution in [0, 0.1) is 5.92 Å². The van der Waals surface area contributed by atoms with Crippen LogP contribution in [0.15, 0.2) is 153 Å². The van der Waals surface area contributed by atoms with Crippen LogP contribution in [0.25, 0.3) is 39.0 Å². The van der Waals surface area contributed by atoms with Gasteiger partial charge in [-0.25, -0.2) is 0 Å². The summed E-state index contributed by atoms with van der Waals surface area (Å²) < 4.78 is 2.59. The molecule has 3 N–H and O–H groups in total. The normalized spacial score (nSPS) is 13.3. The molecule has 0 saturated carbocycles. The summed E-state index contributed by atoms with van der Waals surface area (Å²) in [7, 11) is 1.85. The number of aromatic nitrogens is 1. The van der Waals surface area contributed by atoms with Gasteiger partial charge in [0.15, 0.2) is 0 Å². The largest absolute Gasteiger partial charge is 0.397 e. The lowest BCUT2D eigenvalue weighted by Crippen LogP contribution is -2.16. The first kappa shape index (κ1) is 40.2. The Balaban J connectivity index is 0.000000386. The van der Waals surface area contributed by atoms with Gasteiger partial charge in [0, 0.05) is 59.2 Å². The molecule has 4 heteroatoms. The zero-order chi connectivity index (χ0) is 39.3. The molecule has 0 radical (unpaired) electrons. The highest BCUT2D eigenvalue weighted by Crippen LogP contribution is 2.51. The fourth-order valence-electron chi connectivity index (χ4n) is 7.72. The van der Waals surface area contributed by atoms with Crippen LogP contribution in [0.2, 0.25) is 0 Å². The monoisotopic (exact) mass is 726 g/mol. The van der Waals surface area contributed by atoms with Crippen molar-refractivity contribution in [2.45, 2.75) is 60.3 Å². The third-order valence-corrected chi connectivity index (χ3v) is 10.1. The maximum atomic E-state index is 5.57. The van der Waals surface area contributed by atoms with Gasteiger partial charge in [0.1, 0.15) is 0 Å². The van der Waals surface area contributed by atoms with Crippen LogP contribution in [0.1, 0.15) is 69.8 Å². The minimum Gasteiger partial charge on any atom is -0.397 e. The Morgan fingerprint density at radius 3 is 2.09 bits per heavy atom. The molecular weight excluding hydrogens is 669 g/mol. The number of hydrogen-bond acceptors (Lipinski definition) is 3. The molecule has 0 amide bonds. The second-order valence-corrected chi connectivity index (χ2v) is 13.2. The summed E-state index contributed by atoms with van der Waals surface area (Å²) in [5, 5.41) is 6.85. The first-order valence-electron chi connectivity index (χ1n) is 19.9. The predicted octanol–water partition coefficient (Wildman–Crippen LogP) is 14.1. The molecule has 1 aliphatic heterocycles. The Labute approximate surface area is 329 Å². The smallest absolute Gasteiger partial charge is 0.0790 e. The van der Waals surface area contributed by atoms with Crippen LogP contribution in [-0.4, -0.2) is 11.6 Å². The van der Waals surface area contributed by atoms with Crippen LogP contribution in [-0.2, 0) is 12.8 Å². The molecule has 1 aromatic heterocycles. The lowest BCUT2D eigenvalue weighted by molar-refractivity contribution is 0.615. The molecule has 0 saturated heterocycles. The zero-order valence-corrected chi connectivity index (χ0v) is 33.6. The molecule has 8 rings (SSSR count). The highest BCUT2D eigenvalue weighted by Gasteiger charge is 2.31. The van der Waals surface area contributed by atoms with Crippen molar-refractivity contribution < 1.29 is 0 Å². The molecule has 5 aromatic carbocycles. The van der Waals surface area contributed by atoms with E-state index in [0.717, 1.165) is 48.3 Å². The Hall–Kier alpha value is -6.00. The molecule has 1 unspecified atom stereocenters. The van der Waals surface area contributed by atoms with E-state index in [-0.39, 0.29) is 0 Å². The van der Waals surface area contributed by atoms with E-state index in [1.165, 1.54) is 55.4 Å². The first-order chi connectivity index (χ1) is 27.0. The Bertz CT molecular complexity index is 2300. The number of nitrogens with zero attached hydrogens (tertiary/aromatic N) is 2. The molecule has 55 heavy (non-hydrogen) atoms. The number of nitrogens with one attached hydrogen (secondary N) is 1. The molecule has 0 fully saturated rings. The molecule has 282 valence electrons. The molecule has 6 aromatic rings. The van der Waals surface area contributed by atoms with Crippen LogP contribution >= 0.6 is 0 Å². The molecule has 2 aliphatic rings. The average molecular weight is 727 g/mol. The van der Waals surface area contributed by atoms with Gasteiger partial charge in [-0.1, -0.05) is 157 Å². The Morgan fingerprint density at radius 1 is 0.818 bits per heavy atom. The summed E-state index contributed by atoms with van der Waals surface area (Å²) >= 11 is 0. The van der Waals surface area contributed by atoms with Gasteiger partial charge >= 0.3 is 0 Å². The minimum absolute atomic E-state index is 0.322. The van der Waals surface area contributed by atoms with Crippen molar-refractivity contribution in [3.8, 4) is 0 Å². The summed E-state index contributed by atoms with van der Waals surface area (Å²) in [5.41, 5.74) is 18.7. The fraction of sp³-hybridized carbons (Fsp3) is 0.216. The number of nitrogens with two attached hydrogens (primary N) is 1. The number of rotatable bonds is 8. The van der Waals surface area contributed by atoms with Crippen LogP contribution < -0.4 is 16.0 Å². The van der Waals surface area contributed by atoms with E-state index < -0.39 is 0 Å². The van der Waals surface area contributed by atoms with Gasteiger partial charge in [-0.15, -0.1) is 0 Å². The number of fused-ring (bicyclic) bond motifs is 8. The minimum atomic E-state index is 0.322. The van der Waals surface area contributed by atoms with Gasteiger partial charge in [-0.2, -0.15) is 0 Å². The second kappa shape index (κ2) is 19.4. The maximum absolute atomic E-state index is 5.57. The van der Waals surface area contributed by atoms with Crippen molar-refractivity contribution in [2.75, 3.05) is 23.0 Å². The van der Waals surface area contributed by atoms with Crippen molar-refractivity contribution in [1.82, 2.24) is 4.57 Å². The van der Waals surface area contributed by atoms with E-state index in [9.17, 15) is 0 Å². The van der Waals surface area contributed by atoms with Crippen molar-refractivity contribution in [3.05, 3.63) is 175 Å². The Morgan fingerprint density at radius 2 is 1.45 bits per heavy atom. The zero-order valence-electron chi connectivity index (χ0n) is 33.6. The molecule has 1 aliphatic carbocycles. The summed E-state index contributed by atoms with van der Waals surface area (Å²) in [6.45, 7) is 19.2. The summed E-state index contributed by atoms with van der Waals surface area (Å²) in [6.07, 6.45) is 17.1. The number of anilines is 4. The maximum Gasteiger partial charge on any atom is 0.0790 e. The van der Waals surface area contributed by atoms with E-state index in [1.54, 1.807) is 0 Å². The van der Waals surface area contributed by atoms with Gasteiger partial charge in [-0.05, 0) is 71.5 Å². The van der Waals surface area contributed by atoms with E-state index in [2.05, 4.69) is 150 Å². The number of allylic oxidation sites excluding steroid dienone is 6. The molecule has 2 heterocycles. The number of para-hydroxylation sites is 3. The van der Waals surface area contributed by atoms with Gasteiger partial charge in [0.25, 0.3) is 0 Å². The van der Waals surface area contributed by atoms with Gasteiger partial charge in [0.2, 0.25) is 0 Å². The third kappa shape index (κ3) is 8.24. The molecule has 0 spiro atoms. The summed E-state index contributed by atoms with van der Waals surface area (Å²) in [5.74, 6) is 0.322. The van der Waals surface area contributed by atoms with Gasteiger partial charge in [0.05, 0.1) is 22.6 Å². The lowest BCUT2D eigenvalue weighted by atomic mass is 9.91. The summed E-state index contributed by atoms with van der Waals surface area (Å²) in [6, 6.07) is 38.2. The molecule has 0 bridgehead atoms. The van der Waals surface area contributed by atoms with Crippen molar-refractivity contribution in [1.29, 1.82) is 0 Å². The predicted molar refractivity (Wildman–Crippen MR) is 245 cm³/mol.